The molecule has 5 heteroatoms. The van der Waals surface area contributed by atoms with Gasteiger partial charge < -0.3 is 5.73 Å². The van der Waals surface area contributed by atoms with E-state index in [0.717, 1.165) is 19.3 Å². The third kappa shape index (κ3) is 2.37. The summed E-state index contributed by atoms with van der Waals surface area (Å²) in [6.07, 6.45) is 2.98. The molecular formula is C13H20N2O2S. The standard InChI is InChI=1S/C13H20N2O2S/c1-10-9-12(14)6-7-13(10)18(16,17)15-8-4-3-5-11(15)2/h6-7,9,11H,3-5,8,14H2,1-2H3. The monoisotopic (exact) mass is 268 g/mol. The number of nitrogens with zero attached hydrogens (tertiary/aromatic N) is 1. The van der Waals surface area contributed by atoms with Crippen molar-refractivity contribution < 1.29 is 8.42 Å². The van der Waals surface area contributed by atoms with Crippen LogP contribution < -0.4 is 5.73 Å². The summed E-state index contributed by atoms with van der Waals surface area (Å²) in [7, 11) is -3.38. The summed E-state index contributed by atoms with van der Waals surface area (Å²) < 4.78 is 26.8. The molecule has 100 valence electrons. The molecule has 2 rings (SSSR count). The molecular weight excluding hydrogens is 248 g/mol. The van der Waals surface area contributed by atoms with E-state index < -0.39 is 10.0 Å². The second-order valence-electron chi connectivity index (χ2n) is 4.99. The maximum atomic E-state index is 12.6. The van der Waals surface area contributed by atoms with Gasteiger partial charge in [0.25, 0.3) is 0 Å². The fourth-order valence-corrected chi connectivity index (χ4v) is 4.42. The highest BCUT2D eigenvalue weighted by molar-refractivity contribution is 7.89. The second kappa shape index (κ2) is 4.90. The van der Waals surface area contributed by atoms with Crippen LogP contribution in [0.5, 0.6) is 0 Å². The molecule has 1 fully saturated rings. The molecule has 1 unspecified atom stereocenters. The first-order valence-corrected chi connectivity index (χ1v) is 7.75. The number of hydrogen-bond acceptors (Lipinski definition) is 3. The lowest BCUT2D eigenvalue weighted by molar-refractivity contribution is 0.268. The van der Waals surface area contributed by atoms with Crippen molar-refractivity contribution in [3.63, 3.8) is 0 Å². The molecule has 0 radical (unpaired) electrons. The maximum absolute atomic E-state index is 12.6. The number of sulfonamides is 1. The molecule has 0 aromatic heterocycles. The molecule has 18 heavy (non-hydrogen) atoms. The number of nitrogens with two attached hydrogens (primary N) is 1. The van der Waals surface area contributed by atoms with E-state index in [-0.39, 0.29) is 6.04 Å². The number of hydrogen-bond donors (Lipinski definition) is 1. The first kappa shape index (κ1) is 13.4. The van der Waals surface area contributed by atoms with E-state index in [0.29, 0.717) is 22.7 Å². The van der Waals surface area contributed by atoms with Crippen molar-refractivity contribution >= 4 is 15.7 Å². The fraction of sp³-hybridized carbons (Fsp3) is 0.538. The van der Waals surface area contributed by atoms with Gasteiger partial charge in [-0.2, -0.15) is 4.31 Å². The van der Waals surface area contributed by atoms with Crippen LogP contribution in [0.2, 0.25) is 0 Å². The molecule has 1 heterocycles. The lowest BCUT2D eigenvalue weighted by Gasteiger charge is -2.32. The van der Waals surface area contributed by atoms with E-state index >= 15 is 0 Å². The molecule has 1 aliphatic rings. The van der Waals surface area contributed by atoms with Crippen molar-refractivity contribution in [1.82, 2.24) is 4.31 Å². The highest BCUT2D eigenvalue weighted by Gasteiger charge is 2.31. The smallest absolute Gasteiger partial charge is 0.243 e. The van der Waals surface area contributed by atoms with Crippen LogP contribution in [0.25, 0.3) is 0 Å². The Hall–Kier alpha value is -1.07. The van der Waals surface area contributed by atoms with Gasteiger partial charge in [0.2, 0.25) is 10.0 Å². The Morgan fingerprint density at radius 3 is 2.67 bits per heavy atom. The van der Waals surface area contributed by atoms with Gasteiger partial charge in [-0.25, -0.2) is 8.42 Å². The van der Waals surface area contributed by atoms with Gasteiger partial charge in [0.05, 0.1) is 4.90 Å². The van der Waals surface area contributed by atoms with Crippen molar-refractivity contribution in [3.8, 4) is 0 Å². The predicted octanol–water partition coefficient (Wildman–Crippen LogP) is 2.14. The van der Waals surface area contributed by atoms with Crippen LogP contribution in [0, 0.1) is 6.92 Å². The molecule has 1 atom stereocenters. The Bertz CT molecular complexity index is 540. The Kier molecular flexibility index (Phi) is 3.64. The summed E-state index contributed by atoms with van der Waals surface area (Å²) in [6, 6.07) is 5.05. The molecule has 0 spiro atoms. The van der Waals surface area contributed by atoms with Crippen molar-refractivity contribution in [2.45, 2.75) is 44.0 Å². The largest absolute Gasteiger partial charge is 0.399 e. The molecule has 1 saturated heterocycles. The van der Waals surface area contributed by atoms with Gasteiger partial charge in [0.15, 0.2) is 0 Å². The highest BCUT2D eigenvalue weighted by Crippen LogP contribution is 2.27. The number of anilines is 1. The number of nitrogen functional groups attached to an aromatic ring is 1. The third-order valence-electron chi connectivity index (χ3n) is 3.53. The summed E-state index contributed by atoms with van der Waals surface area (Å²) in [5.41, 5.74) is 6.98. The van der Waals surface area contributed by atoms with Crippen LogP contribution in [0.1, 0.15) is 31.7 Å². The van der Waals surface area contributed by atoms with Gasteiger partial charge in [-0.05, 0) is 50.5 Å². The lowest BCUT2D eigenvalue weighted by Crippen LogP contribution is -2.42. The normalized spacial score (nSPS) is 22.0. The summed E-state index contributed by atoms with van der Waals surface area (Å²) in [5.74, 6) is 0. The van der Waals surface area contributed by atoms with E-state index in [1.807, 2.05) is 6.92 Å². The molecule has 0 saturated carbocycles. The van der Waals surface area contributed by atoms with Crippen molar-refractivity contribution in [2.24, 2.45) is 0 Å². The number of piperidine rings is 1. The van der Waals surface area contributed by atoms with Crippen LogP contribution in [0.3, 0.4) is 0 Å². The number of aryl methyl sites for hydroxylation is 1. The molecule has 1 aromatic rings. The maximum Gasteiger partial charge on any atom is 0.243 e. The minimum atomic E-state index is -3.38. The second-order valence-corrected chi connectivity index (χ2v) is 6.84. The van der Waals surface area contributed by atoms with E-state index in [2.05, 4.69) is 0 Å². The van der Waals surface area contributed by atoms with E-state index in [4.69, 9.17) is 5.73 Å². The van der Waals surface area contributed by atoms with Gasteiger partial charge in [-0.1, -0.05) is 6.42 Å². The summed E-state index contributed by atoms with van der Waals surface area (Å²) in [5, 5.41) is 0. The lowest BCUT2D eigenvalue weighted by atomic mass is 10.1. The van der Waals surface area contributed by atoms with Gasteiger partial charge >= 0.3 is 0 Å². The fourth-order valence-electron chi connectivity index (χ4n) is 2.52. The predicted molar refractivity (Wildman–Crippen MR) is 72.8 cm³/mol. The minimum absolute atomic E-state index is 0.0840. The summed E-state index contributed by atoms with van der Waals surface area (Å²) in [6.45, 7) is 4.38. The van der Waals surface area contributed by atoms with Gasteiger partial charge in [-0.15, -0.1) is 0 Å². The van der Waals surface area contributed by atoms with Gasteiger partial charge in [-0.3, -0.25) is 0 Å². The van der Waals surface area contributed by atoms with E-state index in [1.165, 1.54) is 0 Å². The molecule has 0 bridgehead atoms. The first-order valence-electron chi connectivity index (χ1n) is 6.31. The highest BCUT2D eigenvalue weighted by atomic mass is 32.2. The van der Waals surface area contributed by atoms with Gasteiger partial charge in [0, 0.05) is 18.3 Å². The average molecular weight is 268 g/mol. The Morgan fingerprint density at radius 2 is 2.06 bits per heavy atom. The van der Waals surface area contributed by atoms with E-state index in [1.54, 1.807) is 29.4 Å². The van der Waals surface area contributed by atoms with Gasteiger partial charge in [0.1, 0.15) is 0 Å². The van der Waals surface area contributed by atoms with Crippen LogP contribution in [-0.4, -0.2) is 25.3 Å². The van der Waals surface area contributed by atoms with Crippen LogP contribution in [0.15, 0.2) is 23.1 Å². The molecule has 1 aliphatic heterocycles. The minimum Gasteiger partial charge on any atom is -0.399 e. The SMILES string of the molecule is Cc1cc(N)ccc1S(=O)(=O)N1CCCCC1C. The average Bonchev–Trinajstić information content (AvgIpc) is 2.28. The molecule has 4 nitrogen and oxygen atoms in total. The van der Waals surface area contributed by atoms with Crippen LogP contribution in [0.4, 0.5) is 5.69 Å². The van der Waals surface area contributed by atoms with Crippen molar-refractivity contribution in [1.29, 1.82) is 0 Å². The number of rotatable bonds is 2. The van der Waals surface area contributed by atoms with E-state index in [9.17, 15) is 8.42 Å². The Balaban J connectivity index is 2.41. The summed E-state index contributed by atoms with van der Waals surface area (Å²) >= 11 is 0. The number of benzene rings is 1. The third-order valence-corrected chi connectivity index (χ3v) is 5.70. The zero-order valence-corrected chi connectivity index (χ0v) is 11.7. The molecule has 0 aliphatic carbocycles. The van der Waals surface area contributed by atoms with Crippen LogP contribution in [-0.2, 0) is 10.0 Å². The zero-order chi connectivity index (χ0) is 13.3. The Labute approximate surface area is 109 Å². The quantitative estimate of drug-likeness (QED) is 0.836. The molecule has 2 N–H and O–H groups in total. The molecule has 0 amide bonds. The summed E-state index contributed by atoms with van der Waals surface area (Å²) in [4.78, 5) is 0.380. The first-order chi connectivity index (χ1) is 8.43. The van der Waals surface area contributed by atoms with Crippen molar-refractivity contribution in [2.75, 3.05) is 12.3 Å². The zero-order valence-electron chi connectivity index (χ0n) is 10.9. The van der Waals surface area contributed by atoms with Crippen molar-refractivity contribution in [3.05, 3.63) is 23.8 Å². The van der Waals surface area contributed by atoms with Crippen LogP contribution >= 0.6 is 0 Å². The Morgan fingerprint density at radius 1 is 1.33 bits per heavy atom. The topological polar surface area (TPSA) is 63.4 Å². The molecule has 1 aromatic carbocycles.